The van der Waals surface area contributed by atoms with Crippen LogP contribution in [0.4, 0.5) is 0 Å². The lowest BCUT2D eigenvalue weighted by Crippen LogP contribution is -2.61. The quantitative estimate of drug-likeness (QED) is 0.101. The maximum atomic E-state index is 14.7. The highest BCUT2D eigenvalue weighted by Crippen LogP contribution is 2.25. The molecule has 0 saturated carbocycles. The number of aliphatic hydroxyl groups is 2. The topological polar surface area (TPSA) is 355 Å². The van der Waals surface area contributed by atoms with Crippen LogP contribution in [0.1, 0.15) is 119 Å². The summed E-state index contributed by atoms with van der Waals surface area (Å²) in [5.41, 5.74) is 12.4. The van der Waals surface area contributed by atoms with Crippen LogP contribution in [-0.4, -0.2) is 167 Å². The molecule has 0 aromatic heterocycles. The van der Waals surface area contributed by atoms with E-state index in [1.54, 1.807) is 58.0 Å². The van der Waals surface area contributed by atoms with E-state index in [2.05, 4.69) is 42.5 Å². The van der Waals surface area contributed by atoms with Gasteiger partial charge in [0.1, 0.15) is 66.6 Å². The fraction of sp³-hybridized carbons (Fsp3) is 0.717. The van der Waals surface area contributed by atoms with Gasteiger partial charge in [-0.15, -0.1) is 0 Å². The van der Waals surface area contributed by atoms with Gasteiger partial charge in [0.2, 0.25) is 53.2 Å². The van der Waals surface area contributed by atoms with E-state index in [4.69, 9.17) is 16.2 Å². The first kappa shape index (κ1) is 62.8. The van der Waals surface area contributed by atoms with Gasteiger partial charge in [-0.3, -0.25) is 43.2 Å². The molecule has 1 aromatic rings. The number of nitrogens with zero attached hydrogens (tertiary/aromatic N) is 1. The van der Waals surface area contributed by atoms with Crippen molar-refractivity contribution in [3.63, 3.8) is 0 Å². The van der Waals surface area contributed by atoms with Crippen molar-refractivity contribution in [2.45, 2.75) is 192 Å². The van der Waals surface area contributed by atoms with Crippen molar-refractivity contribution in [1.29, 1.82) is 0 Å². The molecule has 76 heavy (non-hydrogen) atoms. The van der Waals surface area contributed by atoms with Crippen molar-refractivity contribution in [2.75, 3.05) is 26.2 Å². The molecule has 0 spiro atoms. The summed E-state index contributed by atoms with van der Waals surface area (Å²) >= 11 is 0. The molecule has 0 aliphatic carbocycles. The molecule has 426 valence electrons. The highest BCUT2D eigenvalue weighted by atomic mass is 16.5. The van der Waals surface area contributed by atoms with Gasteiger partial charge in [-0.05, 0) is 93.7 Å². The first-order chi connectivity index (χ1) is 35.9. The summed E-state index contributed by atoms with van der Waals surface area (Å²) in [6.45, 7) is 14.3. The lowest BCUT2D eigenvalue weighted by molar-refractivity contribution is -0.143. The first-order valence-corrected chi connectivity index (χ1v) is 27.1. The zero-order valence-electron chi connectivity index (χ0n) is 45.6. The van der Waals surface area contributed by atoms with Gasteiger partial charge in [0.15, 0.2) is 0 Å². The van der Waals surface area contributed by atoms with Crippen molar-refractivity contribution in [3.8, 4) is 0 Å². The van der Waals surface area contributed by atoms with Gasteiger partial charge in [0.25, 0.3) is 0 Å². The lowest BCUT2D eigenvalue weighted by atomic mass is 9.98. The summed E-state index contributed by atoms with van der Waals surface area (Å²) in [5, 5.41) is 44.2. The zero-order chi connectivity index (χ0) is 56.4. The average molecular weight is 1070 g/mol. The van der Waals surface area contributed by atoms with Crippen LogP contribution in [0.15, 0.2) is 30.3 Å². The van der Waals surface area contributed by atoms with E-state index >= 15 is 0 Å². The Bertz CT molecular complexity index is 2130. The summed E-state index contributed by atoms with van der Waals surface area (Å²) in [6.07, 6.45) is -4.35. The number of carbonyl (C=O) groups is 9. The highest BCUT2D eigenvalue weighted by Gasteiger charge is 2.45. The molecule has 12 atom stereocenters. The minimum atomic E-state index is -1.58. The van der Waals surface area contributed by atoms with Gasteiger partial charge in [0, 0.05) is 19.5 Å². The molecule has 3 aliphatic heterocycles. The number of benzene rings is 1. The molecule has 23 nitrogen and oxygen atoms in total. The second-order valence-electron chi connectivity index (χ2n) is 22.0. The van der Waals surface area contributed by atoms with Gasteiger partial charge < -0.3 is 73.9 Å². The largest absolute Gasteiger partial charge is 0.388 e. The molecule has 3 heterocycles. The Morgan fingerprint density at radius 1 is 0.579 bits per heavy atom. The van der Waals surface area contributed by atoms with E-state index < -0.39 is 144 Å². The Kier molecular flexibility index (Phi) is 25.0. The number of carbonyl (C=O) groups excluding carboxylic acids is 9. The van der Waals surface area contributed by atoms with Gasteiger partial charge in [-0.25, -0.2) is 0 Å². The normalized spacial score (nSPS) is 29.7. The van der Waals surface area contributed by atoms with E-state index in [1.807, 2.05) is 27.7 Å². The predicted molar refractivity (Wildman–Crippen MR) is 282 cm³/mol. The molecule has 3 aliphatic rings. The molecular formula is C53H87N11O12. The van der Waals surface area contributed by atoms with E-state index in [0.29, 0.717) is 24.8 Å². The molecule has 23 heteroatoms. The number of hydrogen-bond acceptors (Lipinski definition) is 14. The predicted octanol–water partition coefficient (Wildman–Crippen LogP) is -1.50. The third kappa shape index (κ3) is 18.5. The van der Waals surface area contributed by atoms with Crippen molar-refractivity contribution >= 4 is 53.2 Å². The van der Waals surface area contributed by atoms with Crippen LogP contribution in [0, 0.1) is 23.7 Å². The molecule has 4 rings (SSSR count). The third-order valence-corrected chi connectivity index (χ3v) is 13.9. The van der Waals surface area contributed by atoms with Gasteiger partial charge in [-0.1, -0.05) is 85.7 Å². The number of hydrogen-bond donors (Lipinski definition) is 12. The molecule has 0 radical (unpaired) electrons. The summed E-state index contributed by atoms with van der Waals surface area (Å²) in [6, 6.07) is -0.457. The van der Waals surface area contributed by atoms with Crippen molar-refractivity contribution in [2.24, 2.45) is 35.1 Å². The van der Waals surface area contributed by atoms with E-state index in [1.165, 1.54) is 4.90 Å². The Hall–Kier alpha value is -5.75. The van der Waals surface area contributed by atoms with E-state index in [-0.39, 0.29) is 76.5 Å². The van der Waals surface area contributed by atoms with Gasteiger partial charge in [0.05, 0.1) is 12.5 Å². The highest BCUT2D eigenvalue weighted by molar-refractivity contribution is 5.98. The van der Waals surface area contributed by atoms with Gasteiger partial charge >= 0.3 is 0 Å². The maximum absolute atomic E-state index is 14.7. The summed E-state index contributed by atoms with van der Waals surface area (Å²) in [4.78, 5) is 129. The second-order valence-corrected chi connectivity index (χ2v) is 22.0. The number of nitrogens with two attached hydrogens (primary N) is 2. The van der Waals surface area contributed by atoms with Crippen LogP contribution in [-0.2, 0) is 54.3 Å². The first-order valence-electron chi connectivity index (χ1n) is 27.1. The van der Waals surface area contributed by atoms with Crippen LogP contribution in [0.3, 0.4) is 0 Å². The molecule has 3 fully saturated rings. The van der Waals surface area contributed by atoms with Crippen molar-refractivity contribution < 1.29 is 58.1 Å². The zero-order valence-corrected chi connectivity index (χ0v) is 45.6. The van der Waals surface area contributed by atoms with Crippen LogP contribution in [0.5, 0.6) is 0 Å². The Morgan fingerprint density at radius 2 is 1.05 bits per heavy atom. The number of amides is 9. The molecule has 4 unspecified atom stereocenters. The van der Waals surface area contributed by atoms with E-state index in [9.17, 15) is 53.4 Å². The van der Waals surface area contributed by atoms with Crippen LogP contribution >= 0.6 is 0 Å². The number of nitrogens with one attached hydrogen (secondary N) is 8. The molecule has 2 bridgehead atoms. The molecular weight excluding hydrogens is 983 g/mol. The standard InChI is InChI=1S/C53H87N11O12/c1-28(2)23-35-48(70)61-37(25-32-15-10-9-11-16-32)53(75)64-22-14-19-38(64)50(72)63-43(31(7)8)52(74)59-34(18-13-21-55)47(69)60-36(24-29(3)4)49(71)62-42(30(5)6)51(73)58-33(17-12-20-54)46(68)56-27-40-45(67)44(66)39(76-40)26-41(65)57-35/h9-11,15-16,28-31,33-40,42-45,66-67H,12-14,17-27,54-55H2,1-8H3,(H,56,68)(H,57,65)(H,58,73)(H,59,74)(H,60,69)(H,61,70)(H,62,71)(H,63,72)/t33-,34-,35?,36-,37?,38-,39-,40+,42?,43?,44-,45+/m0/s1. The Morgan fingerprint density at radius 3 is 1.59 bits per heavy atom. The van der Waals surface area contributed by atoms with Gasteiger partial charge in [-0.2, -0.15) is 0 Å². The molecule has 1 aromatic carbocycles. The fourth-order valence-electron chi connectivity index (χ4n) is 9.70. The van der Waals surface area contributed by atoms with Crippen LogP contribution in [0.25, 0.3) is 0 Å². The van der Waals surface area contributed by atoms with E-state index in [0.717, 1.165) is 0 Å². The average Bonchev–Trinajstić information content (AvgIpc) is 3.96. The molecule has 14 N–H and O–H groups in total. The SMILES string of the molecule is CC(C)CC1NC(=O)C[C@@H]2O[C@H](CNC(=O)[C@H](CCCN)NC(=O)C(C(C)C)NC(=O)[C@H](CC(C)C)NC(=O)[C@H](CCCN)NC(=O)C(C(C)C)NC(=O)[C@@H]3CCCN3C(=O)C(Cc3ccccc3)NC1=O)[C@@H](O)[C@H]2O. The molecule has 9 amide bonds. The minimum Gasteiger partial charge on any atom is -0.388 e. The lowest BCUT2D eigenvalue weighted by Gasteiger charge is -2.32. The fourth-order valence-corrected chi connectivity index (χ4v) is 9.70. The summed E-state index contributed by atoms with van der Waals surface area (Å²) in [5.74, 6) is -7.38. The maximum Gasteiger partial charge on any atom is 0.246 e. The number of rotatable bonds is 14. The minimum absolute atomic E-state index is 0.0257. The third-order valence-electron chi connectivity index (χ3n) is 13.9. The molecule has 3 saturated heterocycles. The summed E-state index contributed by atoms with van der Waals surface area (Å²) in [7, 11) is 0. The number of aliphatic hydroxyl groups excluding tert-OH is 2. The smallest absolute Gasteiger partial charge is 0.246 e. The summed E-state index contributed by atoms with van der Waals surface area (Å²) < 4.78 is 5.92. The van der Waals surface area contributed by atoms with Crippen LogP contribution in [0.2, 0.25) is 0 Å². The van der Waals surface area contributed by atoms with Crippen LogP contribution < -0.4 is 54.0 Å². The Labute approximate surface area is 447 Å². The van der Waals surface area contributed by atoms with Crippen molar-refractivity contribution in [1.82, 2.24) is 47.4 Å². The number of ether oxygens (including phenoxy) is 1. The number of fused-ring (bicyclic) bond motifs is 3. The monoisotopic (exact) mass is 1070 g/mol. The second kappa shape index (κ2) is 30.3. The Balaban J connectivity index is 1.75. The van der Waals surface area contributed by atoms with Crippen molar-refractivity contribution in [3.05, 3.63) is 35.9 Å².